The Morgan fingerprint density at radius 1 is 1.38 bits per heavy atom. The SMILES string of the molecule is CC1(C)CCc2sc(-c3ccccc3CON)c(-c3noc(=O)[nH]3)c2C1. The predicted octanol–water partition coefficient (Wildman–Crippen LogP) is 3.66. The largest absolute Gasteiger partial charge is 0.439 e. The van der Waals surface area contributed by atoms with Crippen LogP contribution in [0.4, 0.5) is 0 Å². The summed E-state index contributed by atoms with van der Waals surface area (Å²) >= 11 is 1.76. The van der Waals surface area contributed by atoms with Crippen molar-refractivity contribution in [3.05, 3.63) is 50.8 Å². The molecule has 3 aromatic rings. The number of nitrogens with two attached hydrogens (primary N) is 1. The molecule has 0 aliphatic heterocycles. The second kappa shape index (κ2) is 6.50. The number of aromatic amines is 1. The summed E-state index contributed by atoms with van der Waals surface area (Å²) in [6, 6.07) is 8.01. The van der Waals surface area contributed by atoms with Gasteiger partial charge in [0.05, 0.1) is 6.61 Å². The number of nitrogens with one attached hydrogen (secondary N) is 1. The predicted molar refractivity (Wildman–Crippen MR) is 101 cm³/mol. The summed E-state index contributed by atoms with van der Waals surface area (Å²) in [5.41, 5.74) is 4.49. The van der Waals surface area contributed by atoms with Gasteiger partial charge in [0.2, 0.25) is 0 Å². The highest BCUT2D eigenvalue weighted by Crippen LogP contribution is 2.48. The zero-order valence-corrected chi connectivity index (χ0v) is 15.6. The number of aromatic nitrogens is 2. The van der Waals surface area contributed by atoms with Crippen molar-refractivity contribution in [1.29, 1.82) is 0 Å². The Balaban J connectivity index is 1.96. The molecule has 26 heavy (non-hydrogen) atoms. The van der Waals surface area contributed by atoms with Gasteiger partial charge in [0, 0.05) is 15.3 Å². The molecule has 1 aliphatic carbocycles. The second-order valence-corrected chi connectivity index (χ2v) is 8.57. The minimum absolute atomic E-state index is 0.212. The van der Waals surface area contributed by atoms with Crippen LogP contribution in [0, 0.1) is 5.41 Å². The molecule has 3 N–H and O–H groups in total. The van der Waals surface area contributed by atoms with Crippen LogP contribution in [0.15, 0.2) is 33.6 Å². The van der Waals surface area contributed by atoms with E-state index in [0.717, 1.165) is 40.8 Å². The number of hydrogen-bond acceptors (Lipinski definition) is 6. The van der Waals surface area contributed by atoms with Crippen LogP contribution in [0.3, 0.4) is 0 Å². The fourth-order valence-corrected chi connectivity index (χ4v) is 5.03. The third-order valence-corrected chi connectivity index (χ3v) is 6.28. The minimum Gasteiger partial charge on any atom is -0.300 e. The molecule has 136 valence electrons. The highest BCUT2D eigenvalue weighted by atomic mass is 32.1. The van der Waals surface area contributed by atoms with Crippen LogP contribution in [0.1, 0.15) is 36.3 Å². The lowest BCUT2D eigenvalue weighted by atomic mass is 9.75. The lowest BCUT2D eigenvalue weighted by Crippen LogP contribution is -2.21. The highest BCUT2D eigenvalue weighted by molar-refractivity contribution is 7.16. The van der Waals surface area contributed by atoms with Crippen molar-refractivity contribution in [3.63, 3.8) is 0 Å². The number of fused-ring (bicyclic) bond motifs is 1. The van der Waals surface area contributed by atoms with Gasteiger partial charge in [-0.25, -0.2) is 10.7 Å². The van der Waals surface area contributed by atoms with Gasteiger partial charge >= 0.3 is 5.76 Å². The second-order valence-electron chi connectivity index (χ2n) is 7.46. The topological polar surface area (TPSA) is 94.1 Å². The molecule has 2 aromatic heterocycles. The van der Waals surface area contributed by atoms with Crippen LogP contribution in [0.5, 0.6) is 0 Å². The van der Waals surface area contributed by atoms with Crippen molar-refractivity contribution in [2.75, 3.05) is 0 Å². The third kappa shape index (κ3) is 3.02. The van der Waals surface area contributed by atoms with Gasteiger partial charge in [-0.2, -0.15) is 0 Å². The highest BCUT2D eigenvalue weighted by Gasteiger charge is 2.32. The van der Waals surface area contributed by atoms with Crippen molar-refractivity contribution in [3.8, 4) is 21.8 Å². The first kappa shape index (κ1) is 17.2. The molecule has 0 amide bonds. The molecule has 2 heterocycles. The Labute approximate surface area is 154 Å². The smallest absolute Gasteiger partial charge is 0.300 e. The summed E-state index contributed by atoms with van der Waals surface area (Å²) < 4.78 is 4.80. The lowest BCUT2D eigenvalue weighted by Gasteiger charge is -2.29. The normalized spacial score (nSPS) is 15.8. The molecule has 1 aliphatic rings. The Hall–Kier alpha value is -2.22. The van der Waals surface area contributed by atoms with Gasteiger partial charge in [0.1, 0.15) is 0 Å². The van der Waals surface area contributed by atoms with Crippen molar-refractivity contribution in [2.24, 2.45) is 11.3 Å². The van der Waals surface area contributed by atoms with Crippen molar-refractivity contribution in [1.82, 2.24) is 10.1 Å². The average molecular weight is 371 g/mol. The van der Waals surface area contributed by atoms with Crippen LogP contribution in [0.2, 0.25) is 0 Å². The Bertz CT molecular complexity index is 1000. The van der Waals surface area contributed by atoms with E-state index in [4.69, 9.17) is 15.3 Å². The summed E-state index contributed by atoms with van der Waals surface area (Å²) in [4.78, 5) is 21.6. The van der Waals surface area contributed by atoms with Gasteiger partial charge in [-0.1, -0.05) is 43.3 Å². The molecule has 1 aromatic carbocycles. The van der Waals surface area contributed by atoms with E-state index in [1.807, 2.05) is 18.2 Å². The molecular weight excluding hydrogens is 350 g/mol. The van der Waals surface area contributed by atoms with Crippen molar-refractivity contribution >= 4 is 11.3 Å². The number of hydrogen-bond donors (Lipinski definition) is 2. The molecule has 7 heteroatoms. The fraction of sp³-hybridized carbons (Fsp3) is 0.368. The number of benzene rings is 1. The first-order chi connectivity index (χ1) is 12.5. The summed E-state index contributed by atoms with van der Waals surface area (Å²) in [7, 11) is 0. The zero-order chi connectivity index (χ0) is 18.3. The molecule has 0 saturated carbocycles. The standard InChI is InChI=1S/C19H21N3O3S/c1-19(2)8-7-14-13(9-19)15(17-21-18(23)25-22-17)16(26-14)12-6-4-3-5-11(12)10-24-20/h3-6H,7-10,20H2,1-2H3,(H,21,22,23). The maximum Gasteiger partial charge on any atom is 0.439 e. The Morgan fingerprint density at radius 3 is 2.92 bits per heavy atom. The summed E-state index contributed by atoms with van der Waals surface area (Å²) in [5, 5.41) is 3.98. The van der Waals surface area contributed by atoms with Crippen molar-refractivity contribution in [2.45, 2.75) is 39.7 Å². The molecule has 0 bridgehead atoms. The number of H-pyrrole nitrogens is 1. The molecule has 0 atom stereocenters. The molecule has 0 spiro atoms. The molecule has 0 radical (unpaired) electrons. The van der Waals surface area contributed by atoms with Gasteiger partial charge in [-0.3, -0.25) is 14.3 Å². The van der Waals surface area contributed by atoms with Gasteiger partial charge in [-0.05, 0) is 41.4 Å². The molecule has 0 fully saturated rings. The summed E-state index contributed by atoms with van der Waals surface area (Å²) in [6.07, 6.45) is 3.11. The van der Waals surface area contributed by atoms with E-state index >= 15 is 0 Å². The quantitative estimate of drug-likeness (QED) is 0.683. The maximum atomic E-state index is 11.6. The van der Waals surface area contributed by atoms with E-state index in [0.29, 0.717) is 12.4 Å². The summed E-state index contributed by atoms with van der Waals surface area (Å²) in [5.74, 6) is 5.27. The fourth-order valence-electron chi connectivity index (χ4n) is 3.66. The molecule has 4 rings (SSSR count). The van der Waals surface area contributed by atoms with E-state index < -0.39 is 5.76 Å². The van der Waals surface area contributed by atoms with Gasteiger partial charge in [0.15, 0.2) is 5.82 Å². The van der Waals surface area contributed by atoms with E-state index in [9.17, 15) is 4.79 Å². The first-order valence-electron chi connectivity index (χ1n) is 8.59. The monoisotopic (exact) mass is 371 g/mol. The number of thiophene rings is 1. The molecule has 6 nitrogen and oxygen atoms in total. The van der Waals surface area contributed by atoms with Gasteiger partial charge in [-0.15, -0.1) is 11.3 Å². The number of rotatable bonds is 4. The molecule has 0 saturated heterocycles. The Kier molecular flexibility index (Phi) is 4.30. The van der Waals surface area contributed by atoms with Crippen LogP contribution >= 0.6 is 11.3 Å². The van der Waals surface area contributed by atoms with Crippen LogP contribution in [-0.4, -0.2) is 10.1 Å². The Morgan fingerprint density at radius 2 is 2.19 bits per heavy atom. The minimum atomic E-state index is -0.542. The molecule has 0 unspecified atom stereocenters. The lowest BCUT2D eigenvalue weighted by molar-refractivity contribution is 0.124. The molecular formula is C19H21N3O3S. The van der Waals surface area contributed by atoms with E-state index in [-0.39, 0.29) is 5.41 Å². The average Bonchev–Trinajstić information content (AvgIpc) is 3.17. The van der Waals surface area contributed by atoms with Gasteiger partial charge in [0.25, 0.3) is 0 Å². The van der Waals surface area contributed by atoms with Crippen LogP contribution in [0.25, 0.3) is 21.8 Å². The van der Waals surface area contributed by atoms with E-state index in [1.165, 1.54) is 10.4 Å². The van der Waals surface area contributed by atoms with Crippen LogP contribution < -0.4 is 11.7 Å². The number of nitrogens with zero attached hydrogens (tertiary/aromatic N) is 1. The first-order valence-corrected chi connectivity index (χ1v) is 9.41. The third-order valence-electron chi connectivity index (χ3n) is 4.95. The van der Waals surface area contributed by atoms with Crippen LogP contribution in [-0.2, 0) is 24.3 Å². The van der Waals surface area contributed by atoms with E-state index in [1.54, 1.807) is 11.3 Å². The summed E-state index contributed by atoms with van der Waals surface area (Å²) in [6.45, 7) is 4.87. The maximum absolute atomic E-state index is 11.6. The zero-order valence-electron chi connectivity index (χ0n) is 14.8. The van der Waals surface area contributed by atoms with E-state index in [2.05, 4.69) is 30.1 Å². The van der Waals surface area contributed by atoms with Gasteiger partial charge < -0.3 is 0 Å². The van der Waals surface area contributed by atoms with Crippen molar-refractivity contribution < 1.29 is 9.36 Å². The number of aryl methyl sites for hydroxylation is 1.